The van der Waals surface area contributed by atoms with Gasteiger partial charge in [0.2, 0.25) is 0 Å². The molecule has 6 heteroatoms. The van der Waals surface area contributed by atoms with Gasteiger partial charge in [-0.3, -0.25) is 0 Å². The van der Waals surface area contributed by atoms with Gasteiger partial charge in [0.15, 0.2) is 0 Å². The molecule has 29 heavy (non-hydrogen) atoms. The van der Waals surface area contributed by atoms with Crippen molar-refractivity contribution in [2.75, 3.05) is 0 Å². The molecule has 1 atom stereocenters. The average Bonchev–Trinajstić information content (AvgIpc) is 2.68. The van der Waals surface area contributed by atoms with Crippen molar-refractivity contribution < 1.29 is 29.7 Å². The van der Waals surface area contributed by atoms with Crippen LogP contribution >= 0.6 is 0 Å². The minimum atomic E-state index is -0.872. The van der Waals surface area contributed by atoms with Crippen molar-refractivity contribution in [3.05, 3.63) is 36.0 Å². The maximum Gasteiger partial charge on any atom is 0.330 e. The molecule has 0 aliphatic heterocycles. The second kappa shape index (κ2) is 20.4. The molecule has 0 aliphatic carbocycles. The van der Waals surface area contributed by atoms with E-state index in [2.05, 4.69) is 27.0 Å². The molecule has 0 bridgehead atoms. The van der Waals surface area contributed by atoms with Crippen LogP contribution in [0.5, 0.6) is 0 Å². The van der Waals surface area contributed by atoms with Gasteiger partial charge >= 0.3 is 17.9 Å². The largest absolute Gasteiger partial charge is 0.478 e. The van der Waals surface area contributed by atoms with Crippen LogP contribution in [0.4, 0.5) is 0 Å². The molecule has 0 spiro atoms. The molecule has 0 aromatic heterocycles. The van der Waals surface area contributed by atoms with Crippen LogP contribution < -0.4 is 0 Å². The molecule has 6 nitrogen and oxygen atoms in total. The first-order valence-electron chi connectivity index (χ1n) is 10.2. The number of carbonyl (C=O) groups is 3. The van der Waals surface area contributed by atoms with Crippen LogP contribution in [0.1, 0.15) is 86.0 Å². The number of aliphatic carboxylic acids is 3. The minimum absolute atomic E-state index is 0.317. The molecule has 168 valence electrons. The molecule has 0 rings (SSSR count). The Labute approximate surface area is 176 Å². The van der Waals surface area contributed by atoms with Crippen molar-refractivity contribution >= 4 is 17.9 Å². The summed E-state index contributed by atoms with van der Waals surface area (Å²) in [5.41, 5.74) is 1.06. The molecule has 0 heterocycles. The Kier molecular flexibility index (Phi) is 22.0. The molecular formula is C23H40O6. The summed E-state index contributed by atoms with van der Waals surface area (Å²) >= 11 is 0. The number of rotatable bonds is 12. The number of hydrogen-bond acceptors (Lipinski definition) is 3. The zero-order valence-electron chi connectivity index (χ0n) is 18.8. The zero-order valence-corrected chi connectivity index (χ0v) is 18.8. The van der Waals surface area contributed by atoms with Crippen molar-refractivity contribution in [3.8, 4) is 0 Å². The van der Waals surface area contributed by atoms with E-state index in [4.69, 9.17) is 15.3 Å². The molecule has 0 aromatic rings. The fourth-order valence-electron chi connectivity index (χ4n) is 2.00. The molecule has 0 aliphatic rings. The Morgan fingerprint density at radius 3 is 1.62 bits per heavy atom. The Morgan fingerprint density at radius 1 is 0.862 bits per heavy atom. The third-order valence-electron chi connectivity index (χ3n) is 4.29. The molecule has 0 radical (unpaired) electrons. The molecule has 3 N–H and O–H groups in total. The lowest BCUT2D eigenvalue weighted by molar-refractivity contribution is -0.133. The van der Waals surface area contributed by atoms with Gasteiger partial charge in [-0.15, -0.1) is 0 Å². The van der Waals surface area contributed by atoms with E-state index >= 15 is 0 Å². The predicted octanol–water partition coefficient (Wildman–Crippen LogP) is 6.09. The monoisotopic (exact) mass is 412 g/mol. The second-order valence-corrected chi connectivity index (χ2v) is 6.82. The highest BCUT2D eigenvalue weighted by molar-refractivity contribution is 5.86. The zero-order chi connectivity index (χ0) is 23.4. The highest BCUT2D eigenvalue weighted by atomic mass is 16.4. The molecule has 0 amide bonds. The molecule has 0 fully saturated rings. The highest BCUT2D eigenvalue weighted by Gasteiger charge is 2.11. The van der Waals surface area contributed by atoms with Crippen molar-refractivity contribution in [2.45, 2.75) is 86.0 Å². The van der Waals surface area contributed by atoms with E-state index in [1.165, 1.54) is 12.8 Å². The third kappa shape index (κ3) is 21.8. The van der Waals surface area contributed by atoms with Gasteiger partial charge in [-0.1, -0.05) is 72.1 Å². The van der Waals surface area contributed by atoms with Gasteiger partial charge < -0.3 is 15.3 Å². The molecule has 0 saturated carbocycles. The summed E-state index contributed by atoms with van der Waals surface area (Å²) in [6.07, 6.45) is 9.30. The lowest BCUT2D eigenvalue weighted by atomic mass is 9.92. The summed E-state index contributed by atoms with van der Waals surface area (Å²) in [4.78, 5) is 30.5. The third-order valence-corrected chi connectivity index (χ3v) is 4.29. The van der Waals surface area contributed by atoms with E-state index in [1.54, 1.807) is 19.9 Å². The lowest BCUT2D eigenvalue weighted by Crippen LogP contribution is -2.06. The van der Waals surface area contributed by atoms with E-state index in [9.17, 15) is 14.4 Å². The molecule has 0 saturated heterocycles. The first-order valence-corrected chi connectivity index (χ1v) is 10.2. The van der Waals surface area contributed by atoms with Crippen molar-refractivity contribution in [1.29, 1.82) is 0 Å². The highest BCUT2D eigenvalue weighted by Crippen LogP contribution is 2.20. The van der Waals surface area contributed by atoms with Crippen LogP contribution in [-0.2, 0) is 14.4 Å². The summed E-state index contributed by atoms with van der Waals surface area (Å²) in [6.45, 7) is 16.5. The Morgan fingerprint density at radius 2 is 1.34 bits per heavy atom. The summed E-state index contributed by atoms with van der Waals surface area (Å²) in [6, 6.07) is 0. The summed E-state index contributed by atoms with van der Waals surface area (Å²) in [5.74, 6) is -2.07. The lowest BCUT2D eigenvalue weighted by Gasteiger charge is -2.13. The van der Waals surface area contributed by atoms with E-state index in [0.717, 1.165) is 25.7 Å². The molecule has 1 unspecified atom stereocenters. The summed E-state index contributed by atoms with van der Waals surface area (Å²) < 4.78 is 0. The molecule has 0 aromatic carbocycles. The first-order chi connectivity index (χ1) is 13.5. The van der Waals surface area contributed by atoms with Gasteiger partial charge in [-0.2, -0.15) is 0 Å². The maximum atomic E-state index is 10.5. The van der Waals surface area contributed by atoms with Crippen LogP contribution in [0.25, 0.3) is 0 Å². The van der Waals surface area contributed by atoms with E-state index in [-0.39, 0.29) is 0 Å². The number of allylic oxidation sites excluding steroid dienone is 1. The van der Waals surface area contributed by atoms with Crippen LogP contribution in [0.15, 0.2) is 36.0 Å². The number of carboxylic acid groups (broad SMARTS) is 3. The predicted molar refractivity (Wildman–Crippen MR) is 118 cm³/mol. The van der Waals surface area contributed by atoms with Crippen LogP contribution in [0, 0.1) is 5.92 Å². The average molecular weight is 413 g/mol. The SMILES string of the molecule is C=C(CC(CC)CCCC)C(=O)O.C=C(CCCC)C(=O)O.CC=C(C)C(=O)O. The summed E-state index contributed by atoms with van der Waals surface area (Å²) in [5, 5.41) is 25.1. The number of carboxylic acids is 3. The van der Waals surface area contributed by atoms with Crippen molar-refractivity contribution in [2.24, 2.45) is 5.92 Å². The first kappa shape index (κ1) is 31.3. The van der Waals surface area contributed by atoms with Gasteiger partial charge in [0.25, 0.3) is 0 Å². The van der Waals surface area contributed by atoms with E-state index < -0.39 is 17.9 Å². The van der Waals surface area contributed by atoms with Gasteiger partial charge in [0, 0.05) is 16.7 Å². The number of hydrogen-bond donors (Lipinski definition) is 3. The summed E-state index contributed by atoms with van der Waals surface area (Å²) in [7, 11) is 0. The van der Waals surface area contributed by atoms with Crippen LogP contribution in [0.2, 0.25) is 0 Å². The standard InChI is InChI=1S/C11H20O2.C7H12O2.C5H8O2/c1-4-6-7-10(5-2)8-9(3)11(12)13;1-3-4-5-6(2)7(8)9;1-3-4(2)5(6)7/h10H,3-8H2,1-2H3,(H,12,13);2-5H2,1H3,(H,8,9);3H,1-2H3,(H,6,7). The van der Waals surface area contributed by atoms with Gasteiger partial charge in [0.1, 0.15) is 0 Å². The normalized spacial score (nSPS) is 11.1. The van der Waals surface area contributed by atoms with Crippen LogP contribution in [0.3, 0.4) is 0 Å². The fraction of sp³-hybridized carbons (Fsp3) is 0.609. The quantitative estimate of drug-likeness (QED) is 0.334. The smallest absolute Gasteiger partial charge is 0.330 e. The van der Waals surface area contributed by atoms with Crippen molar-refractivity contribution in [1.82, 2.24) is 0 Å². The Bertz CT molecular complexity index is 546. The number of unbranched alkanes of at least 4 members (excludes halogenated alkanes) is 2. The molecular weight excluding hydrogens is 372 g/mol. The Hall–Kier alpha value is -2.37. The Balaban J connectivity index is -0.000000370. The second-order valence-electron chi connectivity index (χ2n) is 6.82. The fourth-order valence-corrected chi connectivity index (χ4v) is 2.00. The van der Waals surface area contributed by atoms with Gasteiger partial charge in [-0.25, -0.2) is 14.4 Å². The van der Waals surface area contributed by atoms with Gasteiger partial charge in [-0.05, 0) is 39.0 Å². The maximum absolute atomic E-state index is 10.5. The topological polar surface area (TPSA) is 112 Å². The van der Waals surface area contributed by atoms with E-state index in [0.29, 0.717) is 35.5 Å². The van der Waals surface area contributed by atoms with Crippen molar-refractivity contribution in [3.63, 3.8) is 0 Å². The van der Waals surface area contributed by atoms with E-state index in [1.807, 2.05) is 6.92 Å². The van der Waals surface area contributed by atoms with Crippen LogP contribution in [-0.4, -0.2) is 33.2 Å². The minimum Gasteiger partial charge on any atom is -0.478 e. The van der Waals surface area contributed by atoms with Gasteiger partial charge in [0.05, 0.1) is 0 Å².